The molecule has 0 fully saturated rings. The first-order valence-electron chi connectivity index (χ1n) is 14.6. The van der Waals surface area contributed by atoms with E-state index >= 15 is 0 Å². The summed E-state index contributed by atoms with van der Waals surface area (Å²) in [7, 11) is 0. The van der Waals surface area contributed by atoms with Crippen LogP contribution < -0.4 is 50.4 Å². The van der Waals surface area contributed by atoms with Crippen molar-refractivity contribution >= 4 is 74.3 Å². The summed E-state index contributed by atoms with van der Waals surface area (Å²) in [6, 6.07) is -2.09. The van der Waals surface area contributed by atoms with Gasteiger partial charge in [0.25, 0.3) is 0 Å². The smallest absolute Gasteiger partial charge is 1.00 e. The Morgan fingerprint density at radius 2 is 1.09 bits per heavy atom. The number of nitrogens with one attached hydrogen (secondary N) is 4. The molecule has 2 rings (SSSR count). The molecule has 2 amide bonds. The predicted molar refractivity (Wildman–Crippen MR) is 179 cm³/mol. The molecule has 0 saturated heterocycles. The molecule has 0 aliphatic heterocycles. The second-order valence-corrected chi connectivity index (χ2v) is 12.6. The van der Waals surface area contributed by atoms with E-state index in [0.717, 1.165) is 50.0 Å². The molecule has 0 aromatic carbocycles. The third-order valence-corrected chi connectivity index (χ3v) is 8.05. The number of carboxylic acid groups (broad SMARTS) is 2. The van der Waals surface area contributed by atoms with Gasteiger partial charge in [0.2, 0.25) is 11.8 Å². The maximum Gasteiger partial charge on any atom is 2.00 e. The fraction of sp³-hybridized carbons (Fsp3) is 0.643. The number of carboxylic acids is 2. The molecule has 4 atom stereocenters. The topological polar surface area (TPSA) is 196 Å². The molecule has 0 saturated carbocycles. The van der Waals surface area contributed by atoms with Gasteiger partial charge in [-0.3, -0.25) is 9.59 Å². The second-order valence-electron chi connectivity index (χ2n) is 10.3. The van der Waals surface area contributed by atoms with E-state index in [1.807, 2.05) is 0 Å². The van der Waals surface area contributed by atoms with E-state index in [4.69, 9.17) is 0 Å². The number of hydrogen-bond acceptors (Lipinski definition) is 12. The van der Waals surface area contributed by atoms with Crippen LogP contribution in [0.15, 0.2) is 25.0 Å². The Morgan fingerprint density at radius 3 is 1.37 bits per heavy atom. The second kappa shape index (κ2) is 29.3. The maximum atomic E-state index is 11.8. The quantitative estimate of drug-likeness (QED) is 0.0377. The van der Waals surface area contributed by atoms with Crippen molar-refractivity contribution in [1.82, 2.24) is 30.6 Å². The van der Waals surface area contributed by atoms with E-state index < -0.39 is 24.0 Å². The van der Waals surface area contributed by atoms with Crippen LogP contribution in [0.25, 0.3) is 0 Å². The zero-order valence-electron chi connectivity index (χ0n) is 27.4. The summed E-state index contributed by atoms with van der Waals surface area (Å²) in [5.74, 6) is -1.55. The molecule has 4 N–H and O–H groups in total. The monoisotopic (exact) mass is 776 g/mol. The molecule has 0 radical (unpaired) electrons. The van der Waals surface area contributed by atoms with Gasteiger partial charge in [0.15, 0.2) is 0 Å². The molecule has 2 aromatic heterocycles. The van der Waals surface area contributed by atoms with Crippen molar-refractivity contribution in [3.8, 4) is 0 Å². The molecule has 250 valence electrons. The van der Waals surface area contributed by atoms with Crippen LogP contribution in [0, 0.1) is 0 Å². The minimum absolute atomic E-state index is 0. The van der Waals surface area contributed by atoms with E-state index in [1.54, 1.807) is 0 Å². The van der Waals surface area contributed by atoms with Gasteiger partial charge in [-0.05, 0) is 50.0 Å². The molecule has 0 aliphatic rings. The first-order valence-corrected chi connectivity index (χ1v) is 16.9. The number of aromatic nitrogens is 4. The van der Waals surface area contributed by atoms with Gasteiger partial charge in [-0.1, -0.05) is 12.8 Å². The predicted octanol–water partition coefficient (Wildman–Crippen LogP) is -2.15. The van der Waals surface area contributed by atoms with Crippen molar-refractivity contribution < 1.29 is 79.9 Å². The van der Waals surface area contributed by atoms with Crippen molar-refractivity contribution in [2.24, 2.45) is 0 Å². The minimum Gasteiger partial charge on any atom is -1.00 e. The van der Waals surface area contributed by atoms with Crippen molar-refractivity contribution in [2.75, 3.05) is 11.5 Å². The summed E-state index contributed by atoms with van der Waals surface area (Å²) in [6.07, 6.45) is 13.7. The molecule has 12 nitrogen and oxygen atoms in total. The number of unbranched alkanes of at least 4 members (excludes halogenated alkanes) is 2. The van der Waals surface area contributed by atoms with Crippen LogP contribution in [-0.2, 0) is 51.5 Å². The molecule has 0 bridgehead atoms. The van der Waals surface area contributed by atoms with Crippen LogP contribution in [0.2, 0.25) is 0 Å². The average Bonchev–Trinajstić information content (AvgIpc) is 3.68. The van der Waals surface area contributed by atoms with Crippen LogP contribution in [0.1, 0.15) is 77.0 Å². The summed E-state index contributed by atoms with van der Waals surface area (Å²) in [6.45, 7) is 0. The normalized spacial score (nSPS) is 13.0. The zero-order valence-corrected chi connectivity index (χ0v) is 34.9. The number of carbonyl (C=O) groups is 4. The van der Waals surface area contributed by atoms with Crippen molar-refractivity contribution in [2.45, 2.75) is 99.6 Å². The number of thiol groups is 4. The van der Waals surface area contributed by atoms with E-state index in [2.05, 4.69) is 81.1 Å². The Morgan fingerprint density at radius 1 is 0.717 bits per heavy atom. The van der Waals surface area contributed by atoms with Gasteiger partial charge in [0, 0.05) is 60.0 Å². The third kappa shape index (κ3) is 23.6. The van der Waals surface area contributed by atoms with Crippen LogP contribution in [-0.4, -0.2) is 77.8 Å². The molecular formula is C28H45N6NaO6S4Zn. The first-order chi connectivity index (χ1) is 21.0. The Bertz CT molecular complexity index is 1010. The standard InChI is InChI=1S/2C14H23N3O3S2.Na.Zn.H/c2*18-13(4-2-1-3-11(22)5-6-21)17-12(14(19)20)7-10-8-15-9-16-10;;;/h2*8-9,11-12,21-22H,1-7H2,(H,15,16)(H,17,18)(H,19,20);;;/q;;+1;+2;-1/p-2/t2*11?,12-;;;/m00.../s1. The Labute approximate surface area is 329 Å². The first kappa shape index (κ1) is 47.4. The van der Waals surface area contributed by atoms with Crippen molar-refractivity contribution in [3.63, 3.8) is 0 Å². The Kier molecular flexibility index (Phi) is 30.2. The number of carbonyl (C=O) groups excluding carboxylic acids is 4. The number of nitrogens with zero attached hydrogens (tertiary/aromatic N) is 2. The van der Waals surface area contributed by atoms with Gasteiger partial charge in [0.05, 0.1) is 36.7 Å². The van der Waals surface area contributed by atoms with E-state index in [0.29, 0.717) is 47.6 Å². The Balaban J connectivity index is -0.000000774. The van der Waals surface area contributed by atoms with Crippen LogP contribution in [0.3, 0.4) is 0 Å². The molecular weight excluding hydrogens is 733 g/mol. The number of hydrogen-bond donors (Lipinski definition) is 8. The van der Waals surface area contributed by atoms with Crippen molar-refractivity contribution in [1.29, 1.82) is 0 Å². The van der Waals surface area contributed by atoms with E-state index in [-0.39, 0.29) is 75.1 Å². The number of aliphatic carboxylic acids is 2. The zero-order chi connectivity index (χ0) is 32.7. The number of imidazole rings is 2. The molecule has 0 spiro atoms. The number of H-pyrrole nitrogens is 2. The molecule has 2 heterocycles. The molecule has 0 aliphatic carbocycles. The van der Waals surface area contributed by atoms with E-state index in [9.17, 15) is 29.4 Å². The SMILES string of the molecule is O=C(CCCCC(S)CCS)N[C@@H](Cc1cnc[nH]1)C(=O)[O-].O=C(CCCCC(S)CCS)N[C@@H](Cc1cnc[nH]1)C(=O)[O-].[H-].[Na+].[Zn+2]. The third-order valence-electron chi connectivity index (χ3n) is 6.50. The molecule has 2 aromatic rings. The Hall–Kier alpha value is -0.677. The van der Waals surface area contributed by atoms with Gasteiger partial charge in [-0.25, -0.2) is 9.97 Å². The van der Waals surface area contributed by atoms with Crippen LogP contribution in [0.4, 0.5) is 0 Å². The minimum atomic E-state index is -1.30. The van der Waals surface area contributed by atoms with Gasteiger partial charge in [0.1, 0.15) is 0 Å². The fourth-order valence-electron chi connectivity index (χ4n) is 4.07. The van der Waals surface area contributed by atoms with Gasteiger partial charge in [-0.2, -0.15) is 50.5 Å². The summed E-state index contributed by atoms with van der Waals surface area (Å²) < 4.78 is 0. The van der Waals surface area contributed by atoms with Gasteiger partial charge in [-0.15, -0.1) is 0 Å². The summed E-state index contributed by atoms with van der Waals surface area (Å²) in [5.41, 5.74) is 1.28. The number of amides is 2. The van der Waals surface area contributed by atoms with Crippen LogP contribution >= 0.6 is 50.5 Å². The van der Waals surface area contributed by atoms with Crippen LogP contribution in [0.5, 0.6) is 0 Å². The van der Waals surface area contributed by atoms with Crippen molar-refractivity contribution in [3.05, 3.63) is 36.4 Å². The van der Waals surface area contributed by atoms with Gasteiger partial charge >= 0.3 is 49.0 Å². The van der Waals surface area contributed by atoms with Gasteiger partial charge < -0.3 is 41.8 Å². The fourth-order valence-corrected chi connectivity index (χ4v) is 5.72. The summed E-state index contributed by atoms with van der Waals surface area (Å²) in [4.78, 5) is 59.0. The summed E-state index contributed by atoms with van der Waals surface area (Å²) >= 11 is 17.1. The number of aromatic amines is 2. The average molecular weight is 778 g/mol. The largest absolute Gasteiger partial charge is 2.00 e. The summed E-state index contributed by atoms with van der Waals surface area (Å²) in [5, 5.41) is 27.7. The molecule has 2 unspecified atom stereocenters. The van der Waals surface area contributed by atoms with E-state index in [1.165, 1.54) is 25.0 Å². The maximum absolute atomic E-state index is 11.8. The number of rotatable bonds is 22. The molecule has 46 heavy (non-hydrogen) atoms. The molecule has 18 heteroatoms.